The number of amides is 1. The molecule has 2 aromatic carbocycles. The van der Waals surface area contributed by atoms with Crippen LogP contribution in [-0.2, 0) is 17.9 Å². The van der Waals surface area contributed by atoms with Crippen molar-refractivity contribution in [2.24, 2.45) is 0 Å². The van der Waals surface area contributed by atoms with Crippen molar-refractivity contribution >= 4 is 5.91 Å². The Morgan fingerprint density at radius 2 is 1.68 bits per heavy atom. The molecule has 25 heavy (non-hydrogen) atoms. The zero-order valence-electron chi connectivity index (χ0n) is 15.6. The van der Waals surface area contributed by atoms with Crippen molar-refractivity contribution in [1.82, 2.24) is 5.32 Å². The Morgan fingerprint density at radius 1 is 1.04 bits per heavy atom. The summed E-state index contributed by atoms with van der Waals surface area (Å²) >= 11 is 0. The van der Waals surface area contributed by atoms with Crippen LogP contribution in [0.1, 0.15) is 36.5 Å². The van der Waals surface area contributed by atoms with Crippen LogP contribution in [0.3, 0.4) is 0 Å². The fraction of sp³-hybridized carbons (Fsp3) is 0.381. The van der Waals surface area contributed by atoms with Crippen LogP contribution in [0.15, 0.2) is 48.5 Å². The molecule has 0 saturated carbocycles. The molecule has 0 unspecified atom stereocenters. The molecule has 4 nitrogen and oxygen atoms in total. The SMILES string of the molecule is CC(C)c1ccccc1OCC(=O)NCc1ccccc1C[NH+](C)C. The van der Waals surface area contributed by atoms with Gasteiger partial charge in [-0.25, -0.2) is 0 Å². The molecular formula is C21H29N2O2+. The van der Waals surface area contributed by atoms with E-state index < -0.39 is 0 Å². The van der Waals surface area contributed by atoms with E-state index in [1.807, 2.05) is 36.4 Å². The molecule has 0 radical (unpaired) electrons. The van der Waals surface area contributed by atoms with Crippen LogP contribution < -0.4 is 15.0 Å². The maximum absolute atomic E-state index is 12.2. The minimum atomic E-state index is -0.106. The fourth-order valence-corrected chi connectivity index (χ4v) is 2.76. The summed E-state index contributed by atoms with van der Waals surface area (Å²) in [7, 11) is 4.24. The van der Waals surface area contributed by atoms with Gasteiger partial charge in [-0.2, -0.15) is 0 Å². The van der Waals surface area contributed by atoms with E-state index in [1.54, 1.807) is 0 Å². The quantitative estimate of drug-likeness (QED) is 0.773. The average molecular weight is 341 g/mol. The number of carbonyl (C=O) groups is 1. The van der Waals surface area contributed by atoms with Crippen LogP contribution in [0.4, 0.5) is 0 Å². The first-order valence-corrected chi connectivity index (χ1v) is 8.81. The second-order valence-corrected chi connectivity index (χ2v) is 6.91. The van der Waals surface area contributed by atoms with Crippen molar-refractivity contribution in [3.05, 3.63) is 65.2 Å². The van der Waals surface area contributed by atoms with Gasteiger partial charge >= 0.3 is 0 Å². The van der Waals surface area contributed by atoms with Crippen LogP contribution in [0.5, 0.6) is 5.75 Å². The van der Waals surface area contributed by atoms with E-state index in [9.17, 15) is 4.79 Å². The van der Waals surface area contributed by atoms with E-state index in [0.717, 1.165) is 23.4 Å². The van der Waals surface area contributed by atoms with Gasteiger partial charge in [0, 0.05) is 12.1 Å². The fourth-order valence-electron chi connectivity index (χ4n) is 2.76. The van der Waals surface area contributed by atoms with E-state index in [4.69, 9.17) is 4.74 Å². The highest BCUT2D eigenvalue weighted by Crippen LogP contribution is 2.25. The van der Waals surface area contributed by atoms with E-state index in [-0.39, 0.29) is 12.5 Å². The monoisotopic (exact) mass is 341 g/mol. The molecule has 134 valence electrons. The molecule has 0 saturated heterocycles. The van der Waals surface area contributed by atoms with Gasteiger partial charge in [-0.3, -0.25) is 4.79 Å². The van der Waals surface area contributed by atoms with Gasteiger partial charge < -0.3 is 15.0 Å². The summed E-state index contributed by atoms with van der Waals surface area (Å²) in [5, 5.41) is 2.96. The highest BCUT2D eigenvalue weighted by Gasteiger charge is 2.10. The topological polar surface area (TPSA) is 42.8 Å². The van der Waals surface area contributed by atoms with E-state index in [1.165, 1.54) is 10.5 Å². The molecule has 0 aliphatic carbocycles. The predicted octanol–water partition coefficient (Wildman–Crippen LogP) is 2.15. The average Bonchev–Trinajstić information content (AvgIpc) is 2.59. The highest BCUT2D eigenvalue weighted by atomic mass is 16.5. The molecule has 0 aliphatic heterocycles. The minimum Gasteiger partial charge on any atom is -0.483 e. The lowest BCUT2D eigenvalue weighted by atomic mass is 10.0. The molecule has 2 N–H and O–H groups in total. The number of hydrogen-bond acceptors (Lipinski definition) is 2. The maximum Gasteiger partial charge on any atom is 0.258 e. The molecule has 2 rings (SSSR count). The van der Waals surface area contributed by atoms with Crippen molar-refractivity contribution in [1.29, 1.82) is 0 Å². The molecule has 4 heteroatoms. The van der Waals surface area contributed by atoms with Gasteiger partial charge in [-0.15, -0.1) is 0 Å². The number of quaternary nitrogens is 1. The first-order valence-electron chi connectivity index (χ1n) is 8.81. The Bertz CT molecular complexity index is 696. The maximum atomic E-state index is 12.2. The van der Waals surface area contributed by atoms with Crippen LogP contribution in [0.25, 0.3) is 0 Å². The molecule has 0 spiro atoms. The third-order valence-electron chi connectivity index (χ3n) is 4.04. The molecule has 0 aliphatic rings. The molecule has 0 bridgehead atoms. The summed E-state index contributed by atoms with van der Waals surface area (Å²) in [6.45, 7) is 5.73. The highest BCUT2D eigenvalue weighted by molar-refractivity contribution is 5.77. The second kappa shape index (κ2) is 9.23. The van der Waals surface area contributed by atoms with Crippen LogP contribution in [-0.4, -0.2) is 26.6 Å². The number of rotatable bonds is 8. The van der Waals surface area contributed by atoms with Crippen LogP contribution in [0.2, 0.25) is 0 Å². The summed E-state index contributed by atoms with van der Waals surface area (Å²) in [5.74, 6) is 1.04. The van der Waals surface area contributed by atoms with Gasteiger partial charge in [0.1, 0.15) is 12.3 Å². The van der Waals surface area contributed by atoms with E-state index >= 15 is 0 Å². The van der Waals surface area contributed by atoms with Crippen LogP contribution >= 0.6 is 0 Å². The largest absolute Gasteiger partial charge is 0.483 e. The molecule has 0 fully saturated rings. The number of nitrogens with one attached hydrogen (secondary N) is 2. The summed E-state index contributed by atoms with van der Waals surface area (Å²) in [5.41, 5.74) is 3.53. The molecular weight excluding hydrogens is 312 g/mol. The summed E-state index contributed by atoms with van der Waals surface area (Å²) in [4.78, 5) is 13.5. The normalized spacial score (nSPS) is 11.0. The summed E-state index contributed by atoms with van der Waals surface area (Å²) in [6.07, 6.45) is 0. The van der Waals surface area contributed by atoms with Gasteiger partial charge in [0.2, 0.25) is 0 Å². The number of ether oxygens (including phenoxy) is 1. The zero-order chi connectivity index (χ0) is 18.2. The molecule has 2 aromatic rings. The molecule has 1 amide bonds. The van der Waals surface area contributed by atoms with Crippen molar-refractivity contribution in [2.75, 3.05) is 20.7 Å². The third-order valence-corrected chi connectivity index (χ3v) is 4.04. The predicted molar refractivity (Wildman–Crippen MR) is 101 cm³/mol. The Kier molecular flexibility index (Phi) is 7.02. The first-order chi connectivity index (χ1) is 12.0. The lowest BCUT2D eigenvalue weighted by Gasteiger charge is -2.15. The molecule has 0 atom stereocenters. The lowest BCUT2D eigenvalue weighted by Crippen LogP contribution is -3.04. The molecule has 0 heterocycles. The second-order valence-electron chi connectivity index (χ2n) is 6.91. The lowest BCUT2D eigenvalue weighted by molar-refractivity contribution is -0.872. The van der Waals surface area contributed by atoms with Crippen molar-refractivity contribution in [2.45, 2.75) is 32.9 Å². The van der Waals surface area contributed by atoms with Crippen LogP contribution in [0, 0.1) is 0 Å². The Balaban J connectivity index is 1.90. The first kappa shape index (κ1) is 19.0. The standard InChI is InChI=1S/C21H28N2O2/c1-16(2)19-11-7-8-12-20(19)25-15-21(24)22-13-17-9-5-6-10-18(17)14-23(3)4/h5-12,16H,13-15H2,1-4H3,(H,22,24)/p+1. The summed E-state index contributed by atoms with van der Waals surface area (Å²) < 4.78 is 5.73. The van der Waals surface area contributed by atoms with E-state index in [2.05, 4.69) is 45.4 Å². The number of carbonyl (C=O) groups excluding carboxylic acids is 1. The Labute approximate surface area is 150 Å². The number of para-hydroxylation sites is 1. The van der Waals surface area contributed by atoms with Crippen molar-refractivity contribution in [3.8, 4) is 5.75 Å². The number of benzene rings is 2. The van der Waals surface area contributed by atoms with Crippen molar-refractivity contribution < 1.29 is 14.4 Å². The zero-order valence-corrected chi connectivity index (χ0v) is 15.6. The Hall–Kier alpha value is -2.33. The Morgan fingerprint density at radius 3 is 2.36 bits per heavy atom. The van der Waals surface area contributed by atoms with Crippen molar-refractivity contribution in [3.63, 3.8) is 0 Å². The van der Waals surface area contributed by atoms with E-state index in [0.29, 0.717) is 12.5 Å². The third kappa shape index (κ3) is 5.91. The van der Waals surface area contributed by atoms with Gasteiger partial charge in [-0.05, 0) is 23.1 Å². The minimum absolute atomic E-state index is 0.0326. The van der Waals surface area contributed by atoms with Gasteiger partial charge in [0.05, 0.1) is 14.1 Å². The van der Waals surface area contributed by atoms with Gasteiger partial charge in [0.25, 0.3) is 5.91 Å². The smallest absolute Gasteiger partial charge is 0.258 e. The van der Waals surface area contributed by atoms with Gasteiger partial charge in [-0.1, -0.05) is 56.3 Å². The summed E-state index contributed by atoms with van der Waals surface area (Å²) in [6, 6.07) is 16.1. The number of hydrogen-bond donors (Lipinski definition) is 2. The molecule has 0 aromatic heterocycles. The van der Waals surface area contributed by atoms with Gasteiger partial charge in [0.15, 0.2) is 6.61 Å².